The minimum atomic E-state index is 0.685. The van der Waals surface area contributed by atoms with Gasteiger partial charge in [0.05, 0.1) is 0 Å². The van der Waals surface area contributed by atoms with Gasteiger partial charge in [0, 0.05) is 27.0 Å². The van der Waals surface area contributed by atoms with Gasteiger partial charge in [-0.3, -0.25) is 0 Å². The zero-order valence-corrected chi connectivity index (χ0v) is 16.5. The lowest BCUT2D eigenvalue weighted by Gasteiger charge is -2.19. The highest BCUT2D eigenvalue weighted by Gasteiger charge is 2.17. The van der Waals surface area contributed by atoms with Crippen molar-refractivity contribution < 1.29 is 0 Å². The van der Waals surface area contributed by atoms with Crippen LogP contribution in [0.2, 0.25) is 10.0 Å². The summed E-state index contributed by atoms with van der Waals surface area (Å²) in [5.74, 6) is 0. The third-order valence-corrected chi connectivity index (χ3v) is 5.23. The SMILES string of the molecule is Nc1ccc(-c2ccc(N)c(-c3ccc(Cl)cc3)c2-c2ccc(Cl)cc2)cc1. The minimum Gasteiger partial charge on any atom is -0.399 e. The van der Waals surface area contributed by atoms with Gasteiger partial charge in [-0.2, -0.15) is 0 Å². The molecule has 0 saturated heterocycles. The van der Waals surface area contributed by atoms with Crippen molar-refractivity contribution in [2.45, 2.75) is 0 Å². The number of rotatable bonds is 3. The second kappa shape index (κ2) is 7.59. The largest absolute Gasteiger partial charge is 0.399 e. The van der Waals surface area contributed by atoms with Crippen LogP contribution in [0.3, 0.4) is 0 Å². The second-order valence-electron chi connectivity index (χ2n) is 6.59. The summed E-state index contributed by atoms with van der Waals surface area (Å²) in [6, 6.07) is 27.3. The van der Waals surface area contributed by atoms with Gasteiger partial charge in [0.1, 0.15) is 0 Å². The summed E-state index contributed by atoms with van der Waals surface area (Å²) >= 11 is 12.2. The molecule has 4 N–H and O–H groups in total. The highest BCUT2D eigenvalue weighted by atomic mass is 35.5. The number of anilines is 2. The maximum Gasteiger partial charge on any atom is 0.0406 e. The lowest BCUT2D eigenvalue weighted by molar-refractivity contribution is 1.55. The van der Waals surface area contributed by atoms with Crippen LogP contribution in [0.25, 0.3) is 33.4 Å². The van der Waals surface area contributed by atoms with Crippen LogP contribution in [0.15, 0.2) is 84.9 Å². The molecule has 0 saturated carbocycles. The number of nitrogens with two attached hydrogens (primary N) is 2. The van der Waals surface area contributed by atoms with Gasteiger partial charge in [-0.05, 0) is 70.3 Å². The molecule has 0 atom stereocenters. The van der Waals surface area contributed by atoms with Crippen LogP contribution in [0.1, 0.15) is 0 Å². The fraction of sp³-hybridized carbons (Fsp3) is 0. The van der Waals surface area contributed by atoms with E-state index in [2.05, 4.69) is 0 Å². The highest BCUT2D eigenvalue weighted by molar-refractivity contribution is 6.31. The van der Waals surface area contributed by atoms with Crippen molar-refractivity contribution in [3.05, 3.63) is 95.0 Å². The predicted molar refractivity (Wildman–Crippen MR) is 122 cm³/mol. The molecule has 4 aromatic carbocycles. The number of benzene rings is 4. The molecule has 4 heteroatoms. The monoisotopic (exact) mass is 404 g/mol. The van der Waals surface area contributed by atoms with Crippen LogP contribution < -0.4 is 11.5 Å². The van der Waals surface area contributed by atoms with Gasteiger partial charge in [0.15, 0.2) is 0 Å². The number of hydrogen-bond donors (Lipinski definition) is 2. The van der Waals surface area contributed by atoms with E-state index in [1.165, 1.54) is 0 Å². The van der Waals surface area contributed by atoms with Crippen LogP contribution >= 0.6 is 23.2 Å². The van der Waals surface area contributed by atoms with E-state index in [4.69, 9.17) is 34.7 Å². The molecule has 0 spiro atoms. The summed E-state index contributed by atoms with van der Waals surface area (Å²) in [5.41, 5.74) is 19.9. The summed E-state index contributed by atoms with van der Waals surface area (Å²) < 4.78 is 0. The van der Waals surface area contributed by atoms with E-state index in [0.717, 1.165) is 39.1 Å². The Bertz CT molecular complexity index is 1120. The molecular weight excluding hydrogens is 387 g/mol. The van der Waals surface area contributed by atoms with Gasteiger partial charge in [-0.25, -0.2) is 0 Å². The zero-order valence-electron chi connectivity index (χ0n) is 15.0. The number of nitrogen functional groups attached to an aromatic ring is 2. The first kappa shape index (κ1) is 18.4. The second-order valence-corrected chi connectivity index (χ2v) is 7.46. The Kier molecular flexibility index (Phi) is 4.99. The molecule has 0 aliphatic heterocycles. The van der Waals surface area contributed by atoms with Crippen molar-refractivity contribution in [3.63, 3.8) is 0 Å². The minimum absolute atomic E-state index is 0.685. The quantitative estimate of drug-likeness (QED) is 0.355. The van der Waals surface area contributed by atoms with Crippen molar-refractivity contribution in [1.82, 2.24) is 0 Å². The fourth-order valence-corrected chi connectivity index (χ4v) is 3.62. The van der Waals surface area contributed by atoms with E-state index in [1.54, 1.807) is 0 Å². The Morgan fingerprint density at radius 3 is 1.46 bits per heavy atom. The van der Waals surface area contributed by atoms with Crippen LogP contribution in [-0.4, -0.2) is 0 Å². The zero-order chi connectivity index (χ0) is 19.7. The normalized spacial score (nSPS) is 10.8. The Morgan fingerprint density at radius 2 is 0.929 bits per heavy atom. The van der Waals surface area contributed by atoms with Crippen molar-refractivity contribution >= 4 is 34.6 Å². The lowest BCUT2D eigenvalue weighted by atomic mass is 9.86. The predicted octanol–water partition coefficient (Wildman–Crippen LogP) is 7.16. The molecule has 0 unspecified atom stereocenters. The van der Waals surface area contributed by atoms with Crippen molar-refractivity contribution in [1.29, 1.82) is 0 Å². The van der Waals surface area contributed by atoms with Gasteiger partial charge in [0.2, 0.25) is 0 Å². The molecule has 0 heterocycles. The molecule has 28 heavy (non-hydrogen) atoms. The fourth-order valence-electron chi connectivity index (χ4n) is 3.37. The van der Waals surface area contributed by atoms with Crippen molar-refractivity contribution in [2.24, 2.45) is 0 Å². The average Bonchev–Trinajstić information content (AvgIpc) is 2.70. The molecule has 0 bridgehead atoms. The van der Waals surface area contributed by atoms with Crippen LogP contribution in [0, 0.1) is 0 Å². The highest BCUT2D eigenvalue weighted by Crippen LogP contribution is 2.43. The van der Waals surface area contributed by atoms with Crippen LogP contribution in [-0.2, 0) is 0 Å². The molecule has 0 radical (unpaired) electrons. The van der Waals surface area contributed by atoms with Gasteiger partial charge in [-0.1, -0.05) is 65.7 Å². The summed E-state index contributed by atoms with van der Waals surface area (Å²) in [6.45, 7) is 0. The molecule has 138 valence electrons. The molecule has 0 amide bonds. The summed E-state index contributed by atoms with van der Waals surface area (Å²) in [5, 5.41) is 1.37. The lowest BCUT2D eigenvalue weighted by Crippen LogP contribution is -1.97. The maximum absolute atomic E-state index is 6.45. The number of halogens is 2. The molecule has 0 fully saturated rings. The summed E-state index contributed by atoms with van der Waals surface area (Å²) in [7, 11) is 0. The Morgan fingerprint density at radius 1 is 0.464 bits per heavy atom. The maximum atomic E-state index is 6.45. The van der Waals surface area contributed by atoms with E-state index < -0.39 is 0 Å². The van der Waals surface area contributed by atoms with Gasteiger partial charge in [0.25, 0.3) is 0 Å². The van der Waals surface area contributed by atoms with E-state index in [1.807, 2.05) is 84.9 Å². The molecule has 0 aliphatic carbocycles. The Labute approximate surface area is 174 Å². The first-order valence-corrected chi connectivity index (χ1v) is 9.59. The smallest absolute Gasteiger partial charge is 0.0406 e. The summed E-state index contributed by atoms with van der Waals surface area (Å²) in [6.07, 6.45) is 0. The number of hydrogen-bond acceptors (Lipinski definition) is 2. The third kappa shape index (κ3) is 3.57. The van der Waals surface area contributed by atoms with E-state index >= 15 is 0 Å². The topological polar surface area (TPSA) is 52.0 Å². The van der Waals surface area contributed by atoms with Crippen molar-refractivity contribution in [2.75, 3.05) is 11.5 Å². The Balaban J connectivity index is 2.04. The standard InChI is InChI=1S/C24H18Cl2N2/c25-18-7-1-16(2-8-18)23-21(15-5-11-20(27)12-6-15)13-14-22(28)24(23)17-3-9-19(26)10-4-17/h1-14H,27-28H2. The molecule has 0 aromatic heterocycles. The first-order valence-electron chi connectivity index (χ1n) is 8.83. The van der Waals surface area contributed by atoms with Gasteiger partial charge in [-0.15, -0.1) is 0 Å². The average molecular weight is 405 g/mol. The molecule has 4 aromatic rings. The first-order chi connectivity index (χ1) is 13.5. The molecule has 0 aliphatic rings. The van der Waals surface area contributed by atoms with Gasteiger partial charge >= 0.3 is 0 Å². The van der Waals surface area contributed by atoms with Crippen LogP contribution in [0.4, 0.5) is 11.4 Å². The van der Waals surface area contributed by atoms with E-state index in [-0.39, 0.29) is 0 Å². The molecule has 2 nitrogen and oxygen atoms in total. The molecular formula is C24H18Cl2N2. The van der Waals surface area contributed by atoms with Crippen LogP contribution in [0.5, 0.6) is 0 Å². The van der Waals surface area contributed by atoms with Crippen molar-refractivity contribution in [3.8, 4) is 33.4 Å². The molecule has 4 rings (SSSR count). The van der Waals surface area contributed by atoms with E-state index in [0.29, 0.717) is 15.7 Å². The van der Waals surface area contributed by atoms with Gasteiger partial charge < -0.3 is 11.5 Å². The van der Waals surface area contributed by atoms with E-state index in [9.17, 15) is 0 Å². The summed E-state index contributed by atoms with van der Waals surface area (Å²) in [4.78, 5) is 0. The Hall–Kier alpha value is -2.94. The third-order valence-electron chi connectivity index (χ3n) is 4.73.